The molecule has 2 fully saturated rings. The van der Waals surface area contributed by atoms with Gasteiger partial charge in [0.05, 0.1) is 22.6 Å². The zero-order valence-electron chi connectivity index (χ0n) is 19.8. The molecule has 1 amide bonds. The molecule has 2 heterocycles. The number of pyridine rings is 1. The Hall–Kier alpha value is -3.57. The first-order valence-electron chi connectivity index (χ1n) is 12.1. The van der Waals surface area contributed by atoms with Crippen LogP contribution in [-0.2, 0) is 4.79 Å². The number of benzene rings is 1. The van der Waals surface area contributed by atoms with E-state index < -0.39 is 0 Å². The van der Waals surface area contributed by atoms with Gasteiger partial charge in [0.15, 0.2) is 0 Å². The van der Waals surface area contributed by atoms with Gasteiger partial charge in [-0.25, -0.2) is 4.98 Å². The summed E-state index contributed by atoms with van der Waals surface area (Å²) in [6.07, 6.45) is 6.59. The minimum absolute atomic E-state index is 0.272. The summed E-state index contributed by atoms with van der Waals surface area (Å²) in [7, 11) is 0. The zero-order chi connectivity index (χ0) is 23.9. The lowest BCUT2D eigenvalue weighted by atomic mass is 9.85. The molecule has 0 spiro atoms. The lowest BCUT2D eigenvalue weighted by Gasteiger charge is -2.35. The Morgan fingerprint density at radius 2 is 2.00 bits per heavy atom. The minimum atomic E-state index is -0.272. The predicted octanol–water partition coefficient (Wildman–Crippen LogP) is 4.18. The summed E-state index contributed by atoms with van der Waals surface area (Å²) < 4.78 is 0. The van der Waals surface area contributed by atoms with E-state index in [-0.39, 0.29) is 5.91 Å². The van der Waals surface area contributed by atoms with Crippen molar-refractivity contribution in [3.8, 4) is 6.07 Å². The first-order chi connectivity index (χ1) is 16.6. The molecular formula is C26H33N7O. The number of nitrogens with one attached hydrogen (secondary N) is 3. The molecule has 8 nitrogen and oxygen atoms in total. The number of anilines is 5. The first-order valence-corrected chi connectivity index (χ1v) is 12.1. The van der Waals surface area contributed by atoms with E-state index in [1.165, 1.54) is 25.3 Å². The molecule has 2 aromatic rings. The van der Waals surface area contributed by atoms with Crippen LogP contribution in [0.2, 0.25) is 0 Å². The van der Waals surface area contributed by atoms with Crippen molar-refractivity contribution in [2.75, 3.05) is 60.1 Å². The van der Waals surface area contributed by atoms with Crippen molar-refractivity contribution in [1.29, 1.82) is 5.26 Å². The molecular weight excluding hydrogens is 426 g/mol. The third kappa shape index (κ3) is 5.67. The molecule has 1 aliphatic heterocycles. The summed E-state index contributed by atoms with van der Waals surface area (Å²) in [5, 5.41) is 19.1. The number of carbonyl (C=O) groups is 1. The summed E-state index contributed by atoms with van der Waals surface area (Å²) in [6, 6.07) is 10.1. The van der Waals surface area contributed by atoms with Crippen LogP contribution in [0.4, 0.5) is 28.6 Å². The van der Waals surface area contributed by atoms with Gasteiger partial charge >= 0.3 is 0 Å². The van der Waals surface area contributed by atoms with E-state index in [4.69, 9.17) is 0 Å². The molecule has 0 atom stereocenters. The molecule has 1 saturated heterocycles. The van der Waals surface area contributed by atoms with Crippen LogP contribution in [0.3, 0.4) is 0 Å². The number of aromatic nitrogens is 1. The van der Waals surface area contributed by atoms with E-state index in [2.05, 4.69) is 56.4 Å². The van der Waals surface area contributed by atoms with Crippen LogP contribution >= 0.6 is 0 Å². The molecule has 0 radical (unpaired) electrons. The average molecular weight is 460 g/mol. The van der Waals surface area contributed by atoms with Crippen LogP contribution in [0.5, 0.6) is 0 Å². The Kier molecular flexibility index (Phi) is 7.65. The van der Waals surface area contributed by atoms with Gasteiger partial charge in [0.2, 0.25) is 5.91 Å². The number of piperazine rings is 1. The highest BCUT2D eigenvalue weighted by Gasteiger charge is 2.19. The quantitative estimate of drug-likeness (QED) is 0.484. The van der Waals surface area contributed by atoms with E-state index in [1.54, 1.807) is 6.20 Å². The molecule has 2 aliphatic rings. The van der Waals surface area contributed by atoms with Gasteiger partial charge in [-0.3, -0.25) is 4.79 Å². The third-order valence-corrected chi connectivity index (χ3v) is 6.72. The Balaban J connectivity index is 1.54. The van der Waals surface area contributed by atoms with E-state index >= 15 is 0 Å². The third-order valence-electron chi connectivity index (χ3n) is 6.72. The number of carbonyl (C=O) groups excluding carboxylic acids is 1. The largest absolute Gasteiger partial charge is 0.384 e. The second-order valence-corrected chi connectivity index (χ2v) is 8.87. The van der Waals surface area contributed by atoms with E-state index in [9.17, 15) is 10.1 Å². The fourth-order valence-corrected chi connectivity index (χ4v) is 4.30. The molecule has 0 unspecified atom stereocenters. The van der Waals surface area contributed by atoms with Gasteiger partial charge in [-0.2, -0.15) is 5.26 Å². The highest BCUT2D eigenvalue weighted by atomic mass is 16.1. The van der Waals surface area contributed by atoms with Crippen molar-refractivity contribution in [2.24, 2.45) is 5.92 Å². The molecule has 178 valence electrons. The molecule has 0 bridgehead atoms. The number of nitrogens with zero attached hydrogens (tertiary/aromatic N) is 4. The summed E-state index contributed by atoms with van der Waals surface area (Å²) in [5.74, 6) is 1.00. The SMILES string of the molecule is C=CC(=O)Nc1cc(N2CCN(CC)CC2)ccc1Nc1cc(NCC2CCC2)c(C#N)cn1. The maximum atomic E-state index is 12.1. The standard InChI is InChI=1S/C26H33N7O/c1-3-26(34)31-24-14-21(33-12-10-32(4-2)11-13-33)8-9-22(24)30-25-15-23(20(16-27)18-29-25)28-17-19-6-5-7-19/h3,8-9,14-15,18-19H,1,4-7,10-13,17H2,2H3,(H,31,34)(H2,28,29,30). The van der Waals surface area contributed by atoms with Crippen LogP contribution in [-0.4, -0.2) is 55.1 Å². The molecule has 1 aromatic heterocycles. The van der Waals surface area contributed by atoms with Gasteiger partial charge < -0.3 is 25.8 Å². The van der Waals surface area contributed by atoms with Crippen LogP contribution < -0.4 is 20.9 Å². The molecule has 8 heteroatoms. The van der Waals surface area contributed by atoms with E-state index in [0.29, 0.717) is 23.0 Å². The van der Waals surface area contributed by atoms with Gasteiger partial charge in [-0.05, 0) is 49.6 Å². The normalized spacial score (nSPS) is 16.3. The number of nitriles is 1. The summed E-state index contributed by atoms with van der Waals surface area (Å²) in [5.41, 5.74) is 3.75. The number of hydrogen-bond donors (Lipinski definition) is 3. The topological polar surface area (TPSA) is 96.3 Å². The molecule has 3 N–H and O–H groups in total. The Labute approximate surface area is 201 Å². The number of likely N-dealkylation sites (N-methyl/N-ethyl adjacent to an activating group) is 1. The minimum Gasteiger partial charge on any atom is -0.384 e. The maximum Gasteiger partial charge on any atom is 0.247 e. The molecule has 1 aliphatic carbocycles. The molecule has 1 saturated carbocycles. The van der Waals surface area contributed by atoms with Gasteiger partial charge in [0, 0.05) is 50.7 Å². The highest BCUT2D eigenvalue weighted by molar-refractivity contribution is 6.02. The predicted molar refractivity (Wildman–Crippen MR) is 138 cm³/mol. The number of rotatable bonds is 9. The van der Waals surface area contributed by atoms with Gasteiger partial charge in [-0.15, -0.1) is 0 Å². The van der Waals surface area contributed by atoms with Crippen molar-refractivity contribution in [1.82, 2.24) is 9.88 Å². The van der Waals surface area contributed by atoms with Crippen LogP contribution in [0, 0.1) is 17.2 Å². The second kappa shape index (κ2) is 11.0. The summed E-state index contributed by atoms with van der Waals surface area (Å²) in [6.45, 7) is 11.6. The van der Waals surface area contributed by atoms with Crippen molar-refractivity contribution >= 4 is 34.5 Å². The smallest absolute Gasteiger partial charge is 0.247 e. The highest BCUT2D eigenvalue weighted by Crippen LogP contribution is 2.32. The van der Waals surface area contributed by atoms with Crippen molar-refractivity contribution < 1.29 is 4.79 Å². The molecule has 4 rings (SSSR count). The zero-order valence-corrected chi connectivity index (χ0v) is 19.8. The van der Waals surface area contributed by atoms with Crippen molar-refractivity contribution in [3.05, 3.63) is 48.7 Å². The lowest BCUT2D eigenvalue weighted by molar-refractivity contribution is -0.111. The van der Waals surface area contributed by atoms with Crippen LogP contribution in [0.1, 0.15) is 31.7 Å². The van der Waals surface area contributed by atoms with Gasteiger partial charge in [-0.1, -0.05) is 19.9 Å². The Morgan fingerprint density at radius 1 is 1.21 bits per heavy atom. The van der Waals surface area contributed by atoms with Crippen LogP contribution in [0.25, 0.3) is 0 Å². The van der Waals surface area contributed by atoms with Crippen LogP contribution in [0.15, 0.2) is 43.1 Å². The van der Waals surface area contributed by atoms with Crippen molar-refractivity contribution in [3.63, 3.8) is 0 Å². The van der Waals surface area contributed by atoms with E-state index in [1.807, 2.05) is 18.2 Å². The van der Waals surface area contributed by atoms with Crippen molar-refractivity contribution in [2.45, 2.75) is 26.2 Å². The maximum absolute atomic E-state index is 12.1. The molecule has 34 heavy (non-hydrogen) atoms. The summed E-state index contributed by atoms with van der Waals surface area (Å²) in [4.78, 5) is 21.3. The number of amides is 1. The first kappa shape index (κ1) is 23.6. The second-order valence-electron chi connectivity index (χ2n) is 8.87. The fraction of sp³-hybridized carbons (Fsp3) is 0.423. The molecule has 1 aromatic carbocycles. The van der Waals surface area contributed by atoms with Gasteiger partial charge in [0.1, 0.15) is 11.9 Å². The Bertz CT molecular complexity index is 1070. The Morgan fingerprint density at radius 3 is 2.65 bits per heavy atom. The fourth-order valence-electron chi connectivity index (χ4n) is 4.30. The lowest BCUT2D eigenvalue weighted by Crippen LogP contribution is -2.46. The van der Waals surface area contributed by atoms with Gasteiger partial charge in [0.25, 0.3) is 0 Å². The summed E-state index contributed by atoms with van der Waals surface area (Å²) >= 11 is 0. The average Bonchev–Trinajstić information content (AvgIpc) is 2.84. The number of hydrogen-bond acceptors (Lipinski definition) is 7. The van der Waals surface area contributed by atoms with E-state index in [0.717, 1.165) is 56.3 Å². The monoisotopic (exact) mass is 459 g/mol.